The maximum Gasteiger partial charge on any atom is 0.252 e. The number of hydrogen-bond acceptors (Lipinski definition) is 2. The van der Waals surface area contributed by atoms with Crippen molar-refractivity contribution in [2.75, 3.05) is 0 Å². The Kier molecular flexibility index (Phi) is 6.01. The van der Waals surface area contributed by atoms with E-state index >= 15 is 0 Å². The van der Waals surface area contributed by atoms with Crippen LogP contribution < -0.4 is 5.32 Å². The van der Waals surface area contributed by atoms with Gasteiger partial charge in [0.05, 0.1) is 11.7 Å². The van der Waals surface area contributed by atoms with Crippen LogP contribution in [0.15, 0.2) is 35.9 Å². The number of allylic oxidation sites excluding steroid dienone is 1. The maximum atomic E-state index is 13.0. The molecule has 0 spiro atoms. The molecule has 0 heterocycles. The van der Waals surface area contributed by atoms with Crippen molar-refractivity contribution in [3.63, 3.8) is 0 Å². The van der Waals surface area contributed by atoms with Gasteiger partial charge in [0.15, 0.2) is 0 Å². The number of halogens is 1. The molecule has 0 bridgehead atoms. The summed E-state index contributed by atoms with van der Waals surface area (Å²) in [4.78, 5) is 13.0. The number of nitrogens with one attached hydrogen (secondary N) is 1. The van der Waals surface area contributed by atoms with Crippen molar-refractivity contribution in [1.29, 1.82) is 0 Å². The Balaban J connectivity index is 1.34. The first-order valence-corrected chi connectivity index (χ1v) is 13.7. The van der Waals surface area contributed by atoms with Crippen LogP contribution in [0.4, 0.5) is 0 Å². The fraction of sp³-hybridized carbons (Fsp3) is 0.679. The molecule has 32 heavy (non-hydrogen) atoms. The van der Waals surface area contributed by atoms with E-state index in [0.29, 0.717) is 16.7 Å². The van der Waals surface area contributed by atoms with E-state index in [-0.39, 0.29) is 18.1 Å². The van der Waals surface area contributed by atoms with Gasteiger partial charge in [0.1, 0.15) is 0 Å². The fourth-order valence-electron chi connectivity index (χ4n) is 8.53. The highest BCUT2D eigenvalue weighted by Crippen LogP contribution is 2.66. The first-order valence-electron chi connectivity index (χ1n) is 12.7. The monoisotopic (exact) mass is 547 g/mol. The van der Waals surface area contributed by atoms with Crippen molar-refractivity contribution in [1.82, 2.24) is 5.32 Å². The Morgan fingerprint density at radius 2 is 1.91 bits per heavy atom. The number of benzene rings is 1. The lowest BCUT2D eigenvalue weighted by atomic mass is 9.47. The van der Waals surface area contributed by atoms with E-state index in [0.717, 1.165) is 46.1 Å². The van der Waals surface area contributed by atoms with Crippen LogP contribution in [0.1, 0.15) is 82.5 Å². The van der Waals surface area contributed by atoms with Crippen LogP contribution in [0.3, 0.4) is 0 Å². The largest absolute Gasteiger partial charge is 0.393 e. The molecule has 1 aromatic rings. The molecule has 4 aliphatic rings. The Hall–Kier alpha value is -0.880. The van der Waals surface area contributed by atoms with Gasteiger partial charge in [0.2, 0.25) is 0 Å². The van der Waals surface area contributed by atoms with Crippen molar-refractivity contribution in [2.24, 2.45) is 34.5 Å². The van der Waals surface area contributed by atoms with Gasteiger partial charge in [-0.1, -0.05) is 37.6 Å². The molecule has 0 aromatic heterocycles. The first kappa shape index (κ1) is 22.9. The van der Waals surface area contributed by atoms with E-state index in [1.54, 1.807) is 5.57 Å². The van der Waals surface area contributed by atoms with Crippen LogP contribution in [-0.2, 0) is 0 Å². The summed E-state index contributed by atoms with van der Waals surface area (Å²) in [7, 11) is 0. The third kappa shape index (κ3) is 3.59. The molecule has 3 nitrogen and oxygen atoms in total. The van der Waals surface area contributed by atoms with Gasteiger partial charge in [-0.15, -0.1) is 0 Å². The van der Waals surface area contributed by atoms with Gasteiger partial charge in [0.25, 0.3) is 5.91 Å². The molecule has 0 radical (unpaired) electrons. The zero-order valence-electron chi connectivity index (χ0n) is 19.7. The molecule has 2 N–H and O–H groups in total. The second kappa shape index (κ2) is 8.41. The van der Waals surface area contributed by atoms with Crippen LogP contribution in [-0.4, -0.2) is 23.2 Å². The minimum atomic E-state index is -0.132. The van der Waals surface area contributed by atoms with Crippen LogP contribution in [0.2, 0.25) is 0 Å². The van der Waals surface area contributed by atoms with Crippen LogP contribution in [0, 0.1) is 38.1 Å². The summed E-state index contributed by atoms with van der Waals surface area (Å²) in [6, 6.07) is 8.07. The predicted octanol–water partition coefficient (Wildman–Crippen LogP) is 6.35. The summed E-state index contributed by atoms with van der Waals surface area (Å²) < 4.78 is 1.02. The van der Waals surface area contributed by atoms with Crippen molar-refractivity contribution in [3.05, 3.63) is 45.0 Å². The van der Waals surface area contributed by atoms with Crippen molar-refractivity contribution in [2.45, 2.75) is 84.3 Å². The summed E-state index contributed by atoms with van der Waals surface area (Å²) in [6.07, 6.45) is 11.7. The second-order valence-corrected chi connectivity index (χ2v) is 12.8. The number of amides is 1. The minimum absolute atomic E-state index is 0.0711. The number of fused-ring (bicyclic) bond motifs is 5. The third-order valence-electron chi connectivity index (χ3n) is 10.2. The molecule has 3 saturated carbocycles. The molecule has 5 rings (SSSR count). The van der Waals surface area contributed by atoms with E-state index in [9.17, 15) is 9.90 Å². The maximum absolute atomic E-state index is 13.0. The van der Waals surface area contributed by atoms with Gasteiger partial charge >= 0.3 is 0 Å². The van der Waals surface area contributed by atoms with E-state index in [4.69, 9.17) is 0 Å². The summed E-state index contributed by atoms with van der Waals surface area (Å²) in [5.74, 6) is 2.90. The molecule has 0 saturated heterocycles. The number of carbonyl (C=O) groups is 1. The molecule has 1 amide bonds. The summed E-state index contributed by atoms with van der Waals surface area (Å²) in [5.41, 5.74) is 2.95. The Labute approximate surface area is 207 Å². The number of rotatable bonds is 3. The molecule has 0 aliphatic heterocycles. The fourth-order valence-corrected chi connectivity index (χ4v) is 9.17. The molecule has 174 valence electrons. The topological polar surface area (TPSA) is 49.3 Å². The number of hydrogen-bond donors (Lipinski definition) is 2. The lowest BCUT2D eigenvalue weighted by Crippen LogP contribution is -2.52. The Bertz CT molecular complexity index is 928. The lowest BCUT2D eigenvalue weighted by molar-refractivity contribution is -0.0532. The van der Waals surface area contributed by atoms with Crippen LogP contribution >= 0.6 is 22.6 Å². The van der Waals surface area contributed by atoms with E-state index < -0.39 is 0 Å². The molecule has 8 atom stereocenters. The van der Waals surface area contributed by atoms with Crippen molar-refractivity contribution < 1.29 is 9.90 Å². The van der Waals surface area contributed by atoms with Gasteiger partial charge in [0, 0.05) is 9.61 Å². The standard InChI is InChI=1S/C28H38INO2/c1-17(30-26(32)21-6-4-5-7-25(21)29)22-10-11-23-20-9-8-18-16-19(31)12-14-27(18,2)24(20)13-15-28(22,23)3/h4-8,17,19-20,22-24,31H,9-16H2,1-3H3,(H,30,32)/t17-,19?,20?,22?,23?,24?,27?,28?/m1/s1. The minimum Gasteiger partial charge on any atom is -0.393 e. The van der Waals surface area contributed by atoms with E-state index in [2.05, 4.69) is 54.8 Å². The molecule has 1 aromatic carbocycles. The second-order valence-electron chi connectivity index (χ2n) is 11.6. The highest BCUT2D eigenvalue weighted by atomic mass is 127. The van der Waals surface area contributed by atoms with Crippen LogP contribution in [0.5, 0.6) is 0 Å². The normalized spacial score (nSPS) is 41.7. The first-order chi connectivity index (χ1) is 15.2. The predicted molar refractivity (Wildman–Crippen MR) is 137 cm³/mol. The summed E-state index contributed by atoms with van der Waals surface area (Å²) in [5, 5.41) is 13.6. The Morgan fingerprint density at radius 1 is 1.12 bits per heavy atom. The molecule has 7 unspecified atom stereocenters. The molecular weight excluding hydrogens is 509 g/mol. The van der Waals surface area contributed by atoms with Crippen molar-refractivity contribution in [3.8, 4) is 0 Å². The van der Waals surface area contributed by atoms with Gasteiger partial charge in [-0.2, -0.15) is 0 Å². The zero-order valence-corrected chi connectivity index (χ0v) is 21.9. The SMILES string of the molecule is C[C@@H](NC(=O)c1ccccc1I)C1CCC2C3CC=C4CC(O)CCC4(C)C3CCC21C. The number of carbonyl (C=O) groups excluding carboxylic acids is 1. The summed E-state index contributed by atoms with van der Waals surface area (Å²) >= 11 is 2.26. The van der Waals surface area contributed by atoms with E-state index in [1.165, 1.54) is 32.1 Å². The summed E-state index contributed by atoms with van der Waals surface area (Å²) in [6.45, 7) is 7.27. The number of aliphatic hydroxyl groups excluding tert-OH is 1. The zero-order chi connectivity index (χ0) is 22.7. The molecule has 4 heteroatoms. The smallest absolute Gasteiger partial charge is 0.252 e. The highest BCUT2D eigenvalue weighted by Gasteiger charge is 2.59. The lowest BCUT2D eigenvalue weighted by Gasteiger charge is -2.58. The van der Waals surface area contributed by atoms with Crippen LogP contribution in [0.25, 0.3) is 0 Å². The molecule has 4 aliphatic carbocycles. The molecule has 3 fully saturated rings. The van der Waals surface area contributed by atoms with Gasteiger partial charge in [-0.25, -0.2) is 0 Å². The highest BCUT2D eigenvalue weighted by molar-refractivity contribution is 14.1. The van der Waals surface area contributed by atoms with E-state index in [1.807, 2.05) is 24.3 Å². The van der Waals surface area contributed by atoms with Gasteiger partial charge in [-0.05, 0) is 128 Å². The number of aliphatic hydroxyl groups is 1. The average Bonchev–Trinajstić information content (AvgIpc) is 3.12. The van der Waals surface area contributed by atoms with Gasteiger partial charge in [-0.3, -0.25) is 4.79 Å². The quantitative estimate of drug-likeness (QED) is 0.342. The van der Waals surface area contributed by atoms with Gasteiger partial charge < -0.3 is 10.4 Å². The third-order valence-corrected chi connectivity index (χ3v) is 11.2. The van der Waals surface area contributed by atoms with Crippen molar-refractivity contribution >= 4 is 28.5 Å². The molecular formula is C28H38INO2. The average molecular weight is 548 g/mol. The Morgan fingerprint density at radius 3 is 2.69 bits per heavy atom.